The highest BCUT2D eigenvalue weighted by atomic mass is 79.9. The minimum absolute atomic E-state index is 0.107. The number of nitrogens with zero attached hydrogens (tertiary/aromatic N) is 1. The summed E-state index contributed by atoms with van der Waals surface area (Å²) in [7, 11) is 0. The van der Waals surface area contributed by atoms with Crippen LogP contribution in [0.3, 0.4) is 0 Å². The maximum atomic E-state index is 12.9. The summed E-state index contributed by atoms with van der Waals surface area (Å²) in [5, 5.41) is 11.0. The van der Waals surface area contributed by atoms with Gasteiger partial charge in [0.1, 0.15) is 18.4 Å². The number of nitrogens with one attached hydrogen (secondary N) is 2. The average Bonchev–Trinajstić information content (AvgIpc) is 3.40. The smallest absolute Gasteiger partial charge is 0.262 e. The third kappa shape index (κ3) is 7.27. The van der Waals surface area contributed by atoms with Gasteiger partial charge in [0.15, 0.2) is 0 Å². The molecule has 0 bridgehead atoms. The molecule has 4 aromatic rings. The molecule has 190 valence electrons. The van der Waals surface area contributed by atoms with Crippen LogP contribution in [-0.4, -0.2) is 24.1 Å². The van der Waals surface area contributed by atoms with Crippen molar-refractivity contribution < 1.29 is 14.3 Å². The van der Waals surface area contributed by atoms with E-state index in [-0.39, 0.29) is 24.2 Å². The van der Waals surface area contributed by atoms with Crippen molar-refractivity contribution in [2.24, 2.45) is 11.0 Å². The Bertz CT molecular complexity index is 1390. The van der Waals surface area contributed by atoms with E-state index in [4.69, 9.17) is 4.74 Å². The van der Waals surface area contributed by atoms with Gasteiger partial charge in [0.25, 0.3) is 5.91 Å². The highest BCUT2D eigenvalue weighted by Crippen LogP contribution is 2.27. The number of carbonyl (C=O) groups is 2. The van der Waals surface area contributed by atoms with Gasteiger partial charge in [0, 0.05) is 14.9 Å². The number of hydrazone groups is 1. The predicted molar refractivity (Wildman–Crippen MR) is 153 cm³/mol. The Balaban J connectivity index is 1.48. The second-order valence-electron chi connectivity index (χ2n) is 8.89. The van der Waals surface area contributed by atoms with Crippen molar-refractivity contribution in [1.29, 1.82) is 0 Å². The number of ether oxygens (including phenoxy) is 1. The van der Waals surface area contributed by atoms with Crippen LogP contribution in [0.5, 0.6) is 5.75 Å². The van der Waals surface area contributed by atoms with Gasteiger partial charge < -0.3 is 10.1 Å². The summed E-state index contributed by atoms with van der Waals surface area (Å²) < 4.78 is 7.15. The van der Waals surface area contributed by atoms with E-state index < -0.39 is 6.04 Å². The molecule has 0 aliphatic rings. The lowest BCUT2D eigenvalue weighted by Crippen LogP contribution is -2.49. The lowest BCUT2D eigenvalue weighted by Gasteiger charge is -2.20. The topological polar surface area (TPSA) is 79.8 Å². The Kier molecular flexibility index (Phi) is 9.09. The summed E-state index contributed by atoms with van der Waals surface area (Å²) in [4.78, 5) is 26.4. The number of hydrogen-bond acceptors (Lipinski definition) is 5. The van der Waals surface area contributed by atoms with Crippen LogP contribution in [0.25, 0.3) is 10.8 Å². The Morgan fingerprint density at radius 2 is 1.81 bits per heavy atom. The van der Waals surface area contributed by atoms with Crippen LogP contribution in [0, 0.1) is 5.92 Å². The van der Waals surface area contributed by atoms with E-state index in [1.165, 1.54) is 11.3 Å². The van der Waals surface area contributed by atoms with E-state index in [9.17, 15) is 9.59 Å². The van der Waals surface area contributed by atoms with Crippen LogP contribution in [-0.2, 0) is 22.6 Å². The van der Waals surface area contributed by atoms with E-state index in [2.05, 4.69) is 31.8 Å². The van der Waals surface area contributed by atoms with Crippen molar-refractivity contribution in [3.05, 3.63) is 98.7 Å². The van der Waals surface area contributed by atoms with E-state index in [0.29, 0.717) is 12.4 Å². The van der Waals surface area contributed by atoms with Gasteiger partial charge in [-0.25, -0.2) is 5.43 Å². The molecule has 1 heterocycles. The normalized spacial score (nSPS) is 12.1. The first-order chi connectivity index (χ1) is 17.9. The molecule has 2 amide bonds. The molecule has 0 aliphatic carbocycles. The highest BCUT2D eigenvalue weighted by molar-refractivity contribution is 9.10. The van der Waals surface area contributed by atoms with Crippen molar-refractivity contribution in [2.75, 3.05) is 0 Å². The molecule has 0 radical (unpaired) electrons. The van der Waals surface area contributed by atoms with Gasteiger partial charge >= 0.3 is 0 Å². The zero-order valence-corrected chi connectivity index (χ0v) is 23.0. The van der Waals surface area contributed by atoms with Crippen LogP contribution in [0.2, 0.25) is 0 Å². The lowest BCUT2D eigenvalue weighted by atomic mass is 10.0. The zero-order chi connectivity index (χ0) is 26.2. The molecule has 6 nitrogen and oxygen atoms in total. The molecular weight excluding hydrogens is 550 g/mol. The van der Waals surface area contributed by atoms with Crippen molar-refractivity contribution in [2.45, 2.75) is 32.9 Å². The Morgan fingerprint density at radius 3 is 2.54 bits per heavy atom. The number of amides is 2. The maximum absolute atomic E-state index is 12.9. The fraction of sp³-hybridized carbons (Fsp3) is 0.207. The summed E-state index contributed by atoms with van der Waals surface area (Å²) in [5.74, 6) is -0.0181. The molecule has 37 heavy (non-hydrogen) atoms. The first kappa shape index (κ1) is 26.6. The number of benzene rings is 3. The van der Waals surface area contributed by atoms with Crippen LogP contribution < -0.4 is 15.5 Å². The van der Waals surface area contributed by atoms with Crippen LogP contribution in [0.4, 0.5) is 0 Å². The number of hydrogen-bond donors (Lipinski definition) is 2. The molecule has 0 aliphatic heterocycles. The Labute approximate surface area is 228 Å². The maximum Gasteiger partial charge on any atom is 0.262 e. The standard InChI is InChI=1S/C29H28BrN3O3S/c1-19(2)28(32-27(34)16-23-7-5-15-37-23)29(35)33-31-17-25-24-8-4-3-6-21(24)11-14-26(25)36-18-20-9-12-22(30)13-10-20/h3-15,17,19,28H,16,18H2,1-2H3,(H,32,34)(H,33,35)/t28-/m1/s1. The average molecular weight is 579 g/mol. The molecule has 8 heteroatoms. The van der Waals surface area contributed by atoms with Gasteiger partial charge in [0.05, 0.1) is 12.6 Å². The summed E-state index contributed by atoms with van der Waals surface area (Å²) in [6, 6.07) is 22.9. The van der Waals surface area contributed by atoms with E-state index in [1.54, 1.807) is 6.21 Å². The summed E-state index contributed by atoms with van der Waals surface area (Å²) in [6.45, 7) is 4.17. The second-order valence-corrected chi connectivity index (χ2v) is 10.8. The minimum Gasteiger partial charge on any atom is -0.488 e. The van der Waals surface area contributed by atoms with E-state index >= 15 is 0 Å². The largest absolute Gasteiger partial charge is 0.488 e. The number of carbonyl (C=O) groups excluding carboxylic acids is 2. The first-order valence-corrected chi connectivity index (χ1v) is 13.6. The molecule has 1 aromatic heterocycles. The molecule has 0 unspecified atom stereocenters. The van der Waals surface area contributed by atoms with Crippen LogP contribution in [0.1, 0.15) is 29.9 Å². The van der Waals surface area contributed by atoms with Crippen molar-refractivity contribution in [3.8, 4) is 5.75 Å². The fourth-order valence-corrected chi connectivity index (χ4v) is 4.80. The summed E-state index contributed by atoms with van der Waals surface area (Å²) >= 11 is 4.96. The molecule has 0 saturated heterocycles. The van der Waals surface area contributed by atoms with Crippen molar-refractivity contribution in [3.63, 3.8) is 0 Å². The van der Waals surface area contributed by atoms with E-state index in [0.717, 1.165) is 31.2 Å². The molecule has 1 atom stereocenters. The lowest BCUT2D eigenvalue weighted by molar-refractivity contribution is -0.129. The van der Waals surface area contributed by atoms with E-state index in [1.807, 2.05) is 92.0 Å². The van der Waals surface area contributed by atoms with Crippen LogP contribution >= 0.6 is 27.3 Å². The van der Waals surface area contributed by atoms with Gasteiger partial charge in [0.2, 0.25) is 5.91 Å². The summed E-state index contributed by atoms with van der Waals surface area (Å²) in [5.41, 5.74) is 4.40. The number of halogens is 1. The van der Waals surface area contributed by atoms with Gasteiger partial charge in [-0.05, 0) is 51.9 Å². The summed E-state index contributed by atoms with van der Waals surface area (Å²) in [6.07, 6.45) is 1.84. The van der Waals surface area contributed by atoms with Gasteiger partial charge in [-0.3, -0.25) is 9.59 Å². The first-order valence-electron chi connectivity index (χ1n) is 11.9. The van der Waals surface area contributed by atoms with Gasteiger partial charge in [-0.1, -0.05) is 78.3 Å². The molecule has 0 saturated carbocycles. The Morgan fingerprint density at radius 1 is 1.03 bits per heavy atom. The SMILES string of the molecule is CC(C)[C@@H](NC(=O)Cc1cccs1)C(=O)NN=Cc1c(OCc2ccc(Br)cc2)ccc2ccccc12. The monoisotopic (exact) mass is 577 g/mol. The van der Waals surface area contributed by atoms with Gasteiger partial charge in [-0.2, -0.15) is 5.10 Å². The quantitative estimate of drug-likeness (QED) is 0.177. The molecule has 0 fully saturated rings. The number of rotatable bonds is 10. The van der Waals surface area contributed by atoms with Crippen LogP contribution in [0.15, 0.2) is 87.8 Å². The Hall–Kier alpha value is -3.49. The molecule has 0 spiro atoms. The predicted octanol–water partition coefficient (Wildman–Crippen LogP) is 6.08. The number of thiophene rings is 1. The highest BCUT2D eigenvalue weighted by Gasteiger charge is 2.24. The molecular formula is C29H28BrN3O3S. The third-order valence-electron chi connectivity index (χ3n) is 5.79. The van der Waals surface area contributed by atoms with Crippen molar-refractivity contribution >= 4 is 56.1 Å². The molecule has 2 N–H and O–H groups in total. The molecule has 3 aromatic carbocycles. The second kappa shape index (κ2) is 12.7. The zero-order valence-electron chi connectivity index (χ0n) is 20.6. The number of fused-ring (bicyclic) bond motifs is 1. The van der Waals surface area contributed by atoms with Crippen molar-refractivity contribution in [1.82, 2.24) is 10.7 Å². The molecule has 4 rings (SSSR count). The van der Waals surface area contributed by atoms with Gasteiger partial charge in [-0.15, -0.1) is 11.3 Å². The fourth-order valence-electron chi connectivity index (χ4n) is 3.84. The third-order valence-corrected chi connectivity index (χ3v) is 7.19. The minimum atomic E-state index is -0.703.